The van der Waals surface area contributed by atoms with Crippen LogP contribution in [0.15, 0.2) is 12.2 Å². The van der Waals surface area contributed by atoms with Crippen LogP contribution in [-0.2, 0) is 4.79 Å². The number of amides is 1. The third-order valence-corrected chi connectivity index (χ3v) is 2.14. The van der Waals surface area contributed by atoms with Gasteiger partial charge in [0.25, 0.3) is 5.91 Å². The lowest BCUT2D eigenvalue weighted by molar-refractivity contribution is -0.141. The van der Waals surface area contributed by atoms with E-state index in [1.807, 2.05) is 12.5 Å². The maximum absolute atomic E-state index is 11.9. The van der Waals surface area contributed by atoms with Crippen LogP contribution < -0.4 is 4.72 Å². The van der Waals surface area contributed by atoms with Crippen LogP contribution >= 0.6 is 11.1 Å². The molecule has 0 bridgehead atoms. The summed E-state index contributed by atoms with van der Waals surface area (Å²) in [6, 6.07) is 0. The van der Waals surface area contributed by atoms with Crippen molar-refractivity contribution in [3.05, 3.63) is 12.2 Å². The van der Waals surface area contributed by atoms with Gasteiger partial charge >= 0.3 is 6.18 Å². The molecule has 0 heterocycles. The molecule has 0 saturated heterocycles. The molecule has 0 unspecified atom stereocenters. The van der Waals surface area contributed by atoms with Gasteiger partial charge in [0.1, 0.15) is 0 Å². The molecule has 96 valence electrons. The van der Waals surface area contributed by atoms with Crippen LogP contribution in [0, 0.1) is 0 Å². The Morgan fingerprint density at radius 2 is 2.00 bits per heavy atom. The topological polar surface area (TPSA) is 32.3 Å². The zero-order valence-electron chi connectivity index (χ0n) is 9.51. The minimum atomic E-state index is -4.20. The molecule has 1 N–H and O–H groups in total. The van der Waals surface area contributed by atoms with E-state index in [0.717, 1.165) is 4.90 Å². The number of halogens is 3. The number of thiol groups is 1. The second-order valence-corrected chi connectivity index (χ2v) is 5.60. The Bertz CT molecular complexity index is 254. The van der Waals surface area contributed by atoms with E-state index in [0.29, 0.717) is 0 Å². The predicted molar refractivity (Wildman–Crippen MR) is 61.7 cm³/mol. The van der Waals surface area contributed by atoms with Crippen LogP contribution in [0.2, 0.25) is 0 Å². The Morgan fingerprint density at radius 1 is 1.44 bits per heavy atom. The van der Waals surface area contributed by atoms with Crippen molar-refractivity contribution in [1.82, 2.24) is 9.62 Å². The zero-order valence-corrected chi connectivity index (χ0v) is 10.4. The molecule has 0 spiro atoms. The molecule has 0 aliphatic rings. The third-order valence-electron chi connectivity index (χ3n) is 1.47. The minimum Gasteiger partial charge on any atom is -0.318 e. The first kappa shape index (κ1) is 15.3. The van der Waals surface area contributed by atoms with Crippen molar-refractivity contribution in [2.75, 3.05) is 32.6 Å². The van der Waals surface area contributed by atoms with Gasteiger partial charge in [0.15, 0.2) is 0 Å². The molecule has 0 aromatic rings. The van der Waals surface area contributed by atoms with Gasteiger partial charge in [-0.25, -0.2) is 0 Å². The maximum atomic E-state index is 11.9. The standard InChI is InChI=1S/C9H17F3N2OS/c1-14(7-9(10,11)12)6-4-5-8(15)13-16(2)3/h4-5,16H,6-7H2,1-3H3,(H,13,15)/b5-4+. The first-order chi connectivity index (χ1) is 7.20. The van der Waals surface area contributed by atoms with E-state index in [2.05, 4.69) is 4.72 Å². The summed E-state index contributed by atoms with van der Waals surface area (Å²) < 4.78 is 38.4. The Balaban J connectivity index is 3.87. The van der Waals surface area contributed by atoms with Gasteiger partial charge in [0.2, 0.25) is 0 Å². The number of nitrogens with zero attached hydrogens (tertiary/aromatic N) is 1. The quantitative estimate of drug-likeness (QED) is 0.576. The van der Waals surface area contributed by atoms with E-state index in [4.69, 9.17) is 0 Å². The third kappa shape index (κ3) is 9.85. The van der Waals surface area contributed by atoms with Gasteiger partial charge in [-0.15, -0.1) is 0 Å². The fourth-order valence-electron chi connectivity index (χ4n) is 0.968. The molecule has 0 rings (SSSR count). The Morgan fingerprint density at radius 3 is 2.44 bits per heavy atom. The van der Waals surface area contributed by atoms with Gasteiger partial charge in [-0.05, 0) is 19.6 Å². The largest absolute Gasteiger partial charge is 0.401 e. The molecule has 0 radical (unpaired) electrons. The average Bonchev–Trinajstić information content (AvgIpc) is 1.98. The van der Waals surface area contributed by atoms with Gasteiger partial charge in [-0.2, -0.15) is 24.3 Å². The van der Waals surface area contributed by atoms with Crippen LogP contribution in [0.3, 0.4) is 0 Å². The highest BCUT2D eigenvalue weighted by atomic mass is 32.2. The number of carbonyl (C=O) groups excluding carboxylic acids is 1. The molecule has 0 aliphatic carbocycles. The summed E-state index contributed by atoms with van der Waals surface area (Å²) in [5.41, 5.74) is 0. The predicted octanol–water partition coefficient (Wildman–Crippen LogP) is 1.33. The van der Waals surface area contributed by atoms with E-state index in [1.165, 1.54) is 19.2 Å². The van der Waals surface area contributed by atoms with E-state index >= 15 is 0 Å². The van der Waals surface area contributed by atoms with Gasteiger partial charge in [-0.3, -0.25) is 9.69 Å². The highest BCUT2D eigenvalue weighted by Gasteiger charge is 2.28. The number of hydrogen-bond donors (Lipinski definition) is 2. The second-order valence-electron chi connectivity index (χ2n) is 3.58. The number of alkyl halides is 3. The minimum absolute atomic E-state index is 0.0955. The molecule has 0 aliphatic heterocycles. The summed E-state index contributed by atoms with van der Waals surface area (Å²) in [6.45, 7) is -0.883. The van der Waals surface area contributed by atoms with Gasteiger partial charge in [0.05, 0.1) is 6.54 Å². The molecule has 0 saturated carbocycles. The highest BCUT2D eigenvalue weighted by Crippen LogP contribution is 2.15. The van der Waals surface area contributed by atoms with E-state index in [1.54, 1.807) is 0 Å². The second kappa shape index (κ2) is 6.80. The van der Waals surface area contributed by atoms with Crippen LogP contribution in [0.1, 0.15) is 0 Å². The summed E-state index contributed by atoms with van der Waals surface area (Å²) in [5.74, 6) is -0.267. The SMILES string of the molecule is CN(C/C=C/C(=O)N[SH](C)C)CC(F)(F)F. The molecule has 7 heteroatoms. The molecular formula is C9H17F3N2OS. The number of rotatable bonds is 5. The summed E-state index contributed by atoms with van der Waals surface area (Å²) in [5, 5.41) is 0. The molecular weight excluding hydrogens is 241 g/mol. The molecule has 0 aromatic heterocycles. The summed E-state index contributed by atoms with van der Waals surface area (Å²) in [7, 11) is 1.35. The van der Waals surface area contributed by atoms with Crippen molar-refractivity contribution in [3.63, 3.8) is 0 Å². The van der Waals surface area contributed by atoms with Crippen LogP contribution in [0.25, 0.3) is 0 Å². The number of nitrogens with one attached hydrogen (secondary N) is 1. The van der Waals surface area contributed by atoms with E-state index < -0.39 is 23.8 Å². The van der Waals surface area contributed by atoms with Crippen LogP contribution in [0.4, 0.5) is 13.2 Å². The van der Waals surface area contributed by atoms with Crippen molar-refractivity contribution in [1.29, 1.82) is 0 Å². The lowest BCUT2D eigenvalue weighted by Crippen LogP contribution is -2.31. The monoisotopic (exact) mass is 258 g/mol. The van der Waals surface area contributed by atoms with Crippen molar-refractivity contribution >= 4 is 17.0 Å². The van der Waals surface area contributed by atoms with Crippen molar-refractivity contribution in [2.24, 2.45) is 0 Å². The van der Waals surface area contributed by atoms with Crippen molar-refractivity contribution < 1.29 is 18.0 Å². The smallest absolute Gasteiger partial charge is 0.318 e. The molecule has 16 heavy (non-hydrogen) atoms. The molecule has 1 amide bonds. The van der Waals surface area contributed by atoms with Gasteiger partial charge in [0, 0.05) is 12.6 Å². The molecule has 0 aromatic carbocycles. The molecule has 3 nitrogen and oxygen atoms in total. The van der Waals surface area contributed by atoms with Crippen LogP contribution in [0.5, 0.6) is 0 Å². The maximum Gasteiger partial charge on any atom is 0.401 e. The summed E-state index contributed by atoms with van der Waals surface area (Å²) in [6.07, 6.45) is 2.22. The Hall–Kier alpha value is -0.690. The normalized spacial score (nSPS) is 13.3. The number of carbonyl (C=O) groups is 1. The average molecular weight is 258 g/mol. The summed E-state index contributed by atoms with van der Waals surface area (Å²) in [4.78, 5) is 12.2. The van der Waals surface area contributed by atoms with Gasteiger partial charge in [-0.1, -0.05) is 6.08 Å². The lowest BCUT2D eigenvalue weighted by Gasteiger charge is -2.16. The zero-order chi connectivity index (χ0) is 12.8. The van der Waals surface area contributed by atoms with Crippen molar-refractivity contribution in [3.8, 4) is 0 Å². The van der Waals surface area contributed by atoms with Crippen molar-refractivity contribution in [2.45, 2.75) is 6.18 Å². The van der Waals surface area contributed by atoms with Crippen LogP contribution in [-0.4, -0.2) is 49.6 Å². The first-order valence-electron chi connectivity index (χ1n) is 4.60. The Labute approximate surface area is 96.2 Å². The summed E-state index contributed by atoms with van der Waals surface area (Å²) >= 11 is -0.538. The highest BCUT2D eigenvalue weighted by molar-refractivity contribution is 8.14. The lowest BCUT2D eigenvalue weighted by atomic mass is 10.4. The molecule has 0 fully saturated rings. The Kier molecular flexibility index (Phi) is 6.51. The van der Waals surface area contributed by atoms with E-state index in [9.17, 15) is 18.0 Å². The first-order valence-corrected chi connectivity index (χ1v) is 6.84. The van der Waals surface area contributed by atoms with E-state index in [-0.39, 0.29) is 12.5 Å². The number of likely N-dealkylation sites (N-methyl/N-ethyl adjacent to an activating group) is 1. The fraction of sp³-hybridized carbons (Fsp3) is 0.667. The fourth-order valence-corrected chi connectivity index (χ4v) is 1.48. The number of hydrogen-bond acceptors (Lipinski definition) is 2. The van der Waals surface area contributed by atoms with Gasteiger partial charge < -0.3 is 4.72 Å². The molecule has 0 atom stereocenters.